The molecule has 0 radical (unpaired) electrons. The quantitative estimate of drug-likeness (QED) is 0.677. The smallest absolute Gasteiger partial charge is 0.309 e. The van der Waals surface area contributed by atoms with Gasteiger partial charge in [0.05, 0.1) is 5.41 Å². The molecule has 0 heterocycles. The van der Waals surface area contributed by atoms with Crippen LogP contribution in [0.5, 0.6) is 0 Å². The van der Waals surface area contributed by atoms with E-state index in [-0.39, 0.29) is 0 Å². The summed E-state index contributed by atoms with van der Waals surface area (Å²) in [6.45, 7) is 6.01. The predicted molar refractivity (Wildman–Crippen MR) is 91.1 cm³/mol. The Balaban J connectivity index is 1.71. The SMILES string of the molecule is CC1(CCCc2ccc(CCCC(C)(C)C(=O)O)cc2)CC1. The van der Waals surface area contributed by atoms with Crippen molar-refractivity contribution in [3.8, 4) is 0 Å². The van der Waals surface area contributed by atoms with Gasteiger partial charge in [-0.25, -0.2) is 0 Å². The third kappa shape index (κ3) is 5.15. The van der Waals surface area contributed by atoms with E-state index in [0.717, 1.165) is 19.3 Å². The summed E-state index contributed by atoms with van der Waals surface area (Å²) in [6, 6.07) is 8.91. The second-order valence-electron chi connectivity index (χ2n) is 8.02. The minimum atomic E-state index is -0.702. The number of carbonyl (C=O) groups is 1. The van der Waals surface area contributed by atoms with Crippen molar-refractivity contribution in [2.75, 3.05) is 0 Å². The molecule has 0 spiro atoms. The summed E-state index contributed by atoms with van der Waals surface area (Å²) >= 11 is 0. The molecule has 0 bridgehead atoms. The molecule has 1 aliphatic rings. The van der Waals surface area contributed by atoms with E-state index in [4.69, 9.17) is 5.11 Å². The largest absolute Gasteiger partial charge is 0.481 e. The van der Waals surface area contributed by atoms with Gasteiger partial charge in [0, 0.05) is 0 Å². The van der Waals surface area contributed by atoms with E-state index >= 15 is 0 Å². The molecule has 122 valence electrons. The molecule has 22 heavy (non-hydrogen) atoms. The molecule has 1 aromatic carbocycles. The maximum absolute atomic E-state index is 11.1. The van der Waals surface area contributed by atoms with Gasteiger partial charge in [0.1, 0.15) is 0 Å². The van der Waals surface area contributed by atoms with Crippen molar-refractivity contribution in [3.05, 3.63) is 35.4 Å². The van der Waals surface area contributed by atoms with Gasteiger partial charge >= 0.3 is 5.97 Å². The van der Waals surface area contributed by atoms with Gasteiger partial charge in [-0.05, 0) is 81.8 Å². The molecule has 0 atom stereocenters. The summed E-state index contributed by atoms with van der Waals surface area (Å²) in [7, 11) is 0. The van der Waals surface area contributed by atoms with E-state index in [9.17, 15) is 4.79 Å². The van der Waals surface area contributed by atoms with Crippen molar-refractivity contribution in [3.63, 3.8) is 0 Å². The minimum Gasteiger partial charge on any atom is -0.481 e. The zero-order chi connectivity index (χ0) is 16.2. The number of aliphatic carboxylic acids is 1. The molecular formula is C20H30O2. The normalized spacial score (nSPS) is 16.5. The highest BCUT2D eigenvalue weighted by Gasteiger charge is 2.35. The maximum atomic E-state index is 11.1. The number of rotatable bonds is 9. The van der Waals surface area contributed by atoms with Crippen LogP contribution in [0.25, 0.3) is 0 Å². The van der Waals surface area contributed by atoms with Crippen molar-refractivity contribution in [2.45, 2.75) is 72.1 Å². The summed E-state index contributed by atoms with van der Waals surface area (Å²) in [5, 5.41) is 9.12. The highest BCUT2D eigenvalue weighted by molar-refractivity contribution is 5.73. The van der Waals surface area contributed by atoms with Crippen LogP contribution in [0.2, 0.25) is 0 Å². The molecule has 2 heteroatoms. The van der Waals surface area contributed by atoms with E-state index < -0.39 is 11.4 Å². The first-order valence-corrected chi connectivity index (χ1v) is 8.62. The van der Waals surface area contributed by atoms with E-state index in [1.54, 1.807) is 13.8 Å². The summed E-state index contributed by atoms with van der Waals surface area (Å²) in [6.07, 6.45) is 9.29. The second kappa shape index (κ2) is 6.85. The Morgan fingerprint density at radius 2 is 1.59 bits per heavy atom. The van der Waals surface area contributed by atoms with Gasteiger partial charge < -0.3 is 5.11 Å². The maximum Gasteiger partial charge on any atom is 0.309 e. The van der Waals surface area contributed by atoms with E-state index in [2.05, 4.69) is 31.2 Å². The van der Waals surface area contributed by atoms with E-state index in [1.807, 2.05) is 0 Å². The van der Waals surface area contributed by atoms with Gasteiger partial charge in [0.15, 0.2) is 0 Å². The van der Waals surface area contributed by atoms with E-state index in [1.165, 1.54) is 43.2 Å². The fourth-order valence-corrected chi connectivity index (χ4v) is 2.90. The van der Waals surface area contributed by atoms with Crippen LogP contribution < -0.4 is 0 Å². The molecule has 1 saturated carbocycles. The molecule has 1 fully saturated rings. The van der Waals surface area contributed by atoms with E-state index in [0.29, 0.717) is 5.41 Å². The summed E-state index contributed by atoms with van der Waals surface area (Å²) in [5.74, 6) is -0.702. The van der Waals surface area contributed by atoms with Gasteiger partial charge in [0.2, 0.25) is 0 Å². The fraction of sp³-hybridized carbons (Fsp3) is 0.650. The lowest BCUT2D eigenvalue weighted by atomic mass is 9.86. The molecule has 0 aliphatic heterocycles. The third-order valence-corrected chi connectivity index (χ3v) is 5.22. The summed E-state index contributed by atoms with van der Waals surface area (Å²) < 4.78 is 0. The molecule has 1 aliphatic carbocycles. The summed E-state index contributed by atoms with van der Waals surface area (Å²) in [5.41, 5.74) is 2.80. The first kappa shape index (κ1) is 17.1. The summed E-state index contributed by atoms with van der Waals surface area (Å²) in [4.78, 5) is 11.1. The van der Waals surface area contributed by atoms with Crippen molar-refractivity contribution >= 4 is 5.97 Å². The van der Waals surface area contributed by atoms with Crippen molar-refractivity contribution < 1.29 is 9.90 Å². The van der Waals surface area contributed by atoms with Crippen LogP contribution in [-0.2, 0) is 17.6 Å². The van der Waals surface area contributed by atoms with Gasteiger partial charge in [-0.15, -0.1) is 0 Å². The predicted octanol–water partition coefficient (Wildman–Crippen LogP) is 5.24. The van der Waals surface area contributed by atoms with Crippen molar-refractivity contribution in [1.82, 2.24) is 0 Å². The van der Waals surface area contributed by atoms with Crippen molar-refractivity contribution in [2.24, 2.45) is 10.8 Å². The average Bonchev–Trinajstić information content (AvgIpc) is 3.18. The minimum absolute atomic E-state index is 0.612. The van der Waals surface area contributed by atoms with Crippen LogP contribution in [-0.4, -0.2) is 11.1 Å². The second-order valence-corrected chi connectivity index (χ2v) is 8.02. The zero-order valence-corrected chi connectivity index (χ0v) is 14.3. The first-order valence-electron chi connectivity index (χ1n) is 8.62. The Hall–Kier alpha value is -1.31. The van der Waals surface area contributed by atoms with Crippen LogP contribution in [0.15, 0.2) is 24.3 Å². The number of aryl methyl sites for hydroxylation is 2. The molecular weight excluding hydrogens is 272 g/mol. The van der Waals surface area contributed by atoms with Gasteiger partial charge in [0.25, 0.3) is 0 Å². The Morgan fingerprint density at radius 1 is 1.09 bits per heavy atom. The number of hydrogen-bond donors (Lipinski definition) is 1. The van der Waals surface area contributed by atoms with Gasteiger partial charge in [-0.3, -0.25) is 4.79 Å². The number of benzene rings is 1. The molecule has 0 saturated heterocycles. The van der Waals surface area contributed by atoms with Crippen molar-refractivity contribution in [1.29, 1.82) is 0 Å². The number of hydrogen-bond acceptors (Lipinski definition) is 1. The van der Waals surface area contributed by atoms with Crippen LogP contribution >= 0.6 is 0 Å². The number of carboxylic acids is 1. The Kier molecular flexibility index (Phi) is 5.31. The number of carboxylic acid groups (broad SMARTS) is 1. The standard InChI is InChI=1S/C20H30O2/c1-19(2,18(21)22)12-4-6-16-8-10-17(11-9-16)7-5-13-20(3)14-15-20/h8-11H,4-7,12-15H2,1-3H3,(H,21,22). The lowest BCUT2D eigenvalue weighted by Gasteiger charge is -2.18. The molecule has 0 amide bonds. The molecule has 2 rings (SSSR count). The molecule has 2 nitrogen and oxygen atoms in total. The highest BCUT2D eigenvalue weighted by atomic mass is 16.4. The van der Waals surface area contributed by atoms with Crippen LogP contribution in [0, 0.1) is 10.8 Å². The molecule has 0 unspecified atom stereocenters. The highest BCUT2D eigenvalue weighted by Crippen LogP contribution is 2.49. The first-order chi connectivity index (χ1) is 10.3. The Morgan fingerprint density at radius 3 is 2.05 bits per heavy atom. The molecule has 1 aromatic rings. The van der Waals surface area contributed by atoms with Gasteiger partial charge in [-0.2, -0.15) is 0 Å². The fourth-order valence-electron chi connectivity index (χ4n) is 2.90. The Labute approximate surface area is 134 Å². The molecule has 1 N–H and O–H groups in total. The zero-order valence-electron chi connectivity index (χ0n) is 14.3. The lowest BCUT2D eigenvalue weighted by Crippen LogP contribution is -2.23. The topological polar surface area (TPSA) is 37.3 Å². The third-order valence-electron chi connectivity index (χ3n) is 5.22. The van der Waals surface area contributed by atoms with Gasteiger partial charge in [-0.1, -0.05) is 31.2 Å². The lowest BCUT2D eigenvalue weighted by molar-refractivity contribution is -0.147. The molecule has 0 aromatic heterocycles. The average molecular weight is 302 g/mol. The van der Waals surface area contributed by atoms with Crippen LogP contribution in [0.3, 0.4) is 0 Å². The van der Waals surface area contributed by atoms with Crippen LogP contribution in [0.4, 0.5) is 0 Å². The monoisotopic (exact) mass is 302 g/mol. The van der Waals surface area contributed by atoms with Crippen LogP contribution in [0.1, 0.15) is 70.4 Å². The Bertz CT molecular complexity index is 495.